The summed E-state index contributed by atoms with van der Waals surface area (Å²) < 4.78 is 14.5. The molecule has 1 aromatic carbocycles. The molecule has 3 rings (SSSR count). The summed E-state index contributed by atoms with van der Waals surface area (Å²) in [4.78, 5) is 2.36. The van der Waals surface area contributed by atoms with Gasteiger partial charge in [-0.2, -0.15) is 0 Å². The van der Waals surface area contributed by atoms with Crippen molar-refractivity contribution in [1.82, 2.24) is 10.2 Å². The largest absolute Gasteiger partial charge is 0.314 e. The third kappa shape index (κ3) is 2.69. The van der Waals surface area contributed by atoms with Crippen LogP contribution in [-0.4, -0.2) is 31.1 Å². The van der Waals surface area contributed by atoms with Crippen molar-refractivity contribution < 1.29 is 4.39 Å². The smallest absolute Gasteiger partial charge is 0.148 e. The fourth-order valence-electron chi connectivity index (χ4n) is 3.25. The normalized spacial score (nSPS) is 22.6. The van der Waals surface area contributed by atoms with E-state index in [4.69, 9.17) is 23.2 Å². The molecule has 1 saturated carbocycles. The third-order valence-corrected chi connectivity index (χ3v) is 5.14. The van der Waals surface area contributed by atoms with Crippen molar-refractivity contribution >= 4 is 23.2 Å². The number of rotatable bonds is 3. The van der Waals surface area contributed by atoms with Crippen LogP contribution in [0, 0.1) is 11.7 Å². The number of nitrogens with one attached hydrogen (secondary N) is 1. The van der Waals surface area contributed by atoms with Crippen LogP contribution in [0.25, 0.3) is 0 Å². The summed E-state index contributed by atoms with van der Waals surface area (Å²) in [7, 11) is 0. The first-order valence-corrected chi connectivity index (χ1v) is 8.02. The summed E-state index contributed by atoms with van der Waals surface area (Å²) in [6.07, 6.45) is 3.53. The molecular weight excluding hydrogens is 298 g/mol. The molecule has 0 radical (unpaired) electrons. The lowest BCUT2D eigenvalue weighted by molar-refractivity contribution is 0.0813. The molecule has 1 aliphatic carbocycles. The summed E-state index contributed by atoms with van der Waals surface area (Å²) in [5, 5.41) is 4.01. The van der Waals surface area contributed by atoms with Crippen LogP contribution in [0.4, 0.5) is 4.39 Å². The summed E-state index contributed by atoms with van der Waals surface area (Å²) >= 11 is 12.3. The number of hydrogen-bond donors (Lipinski definition) is 1. The Morgan fingerprint density at radius 2 is 1.80 bits per heavy atom. The quantitative estimate of drug-likeness (QED) is 0.851. The topological polar surface area (TPSA) is 15.3 Å². The van der Waals surface area contributed by atoms with Gasteiger partial charge in [-0.05, 0) is 30.9 Å². The van der Waals surface area contributed by atoms with Gasteiger partial charge in [0.05, 0.1) is 5.02 Å². The van der Waals surface area contributed by atoms with Gasteiger partial charge in [0.25, 0.3) is 0 Å². The van der Waals surface area contributed by atoms with E-state index in [9.17, 15) is 4.39 Å². The zero-order valence-corrected chi connectivity index (χ0v) is 12.9. The fraction of sp³-hybridized carbons (Fsp3) is 0.600. The highest BCUT2D eigenvalue weighted by atomic mass is 35.5. The molecule has 1 aromatic rings. The van der Waals surface area contributed by atoms with Gasteiger partial charge in [0.2, 0.25) is 0 Å². The summed E-state index contributed by atoms with van der Waals surface area (Å²) in [5.41, 5.74) is 0.603. The van der Waals surface area contributed by atoms with E-state index < -0.39 is 0 Å². The highest BCUT2D eigenvalue weighted by Gasteiger charge is 2.36. The maximum absolute atomic E-state index is 14.5. The summed E-state index contributed by atoms with van der Waals surface area (Å²) in [6, 6.07) is 3.33. The lowest BCUT2D eigenvalue weighted by Gasteiger charge is -2.43. The molecule has 2 aliphatic rings. The molecule has 0 amide bonds. The van der Waals surface area contributed by atoms with E-state index in [1.165, 1.54) is 12.5 Å². The average Bonchev–Trinajstić information content (AvgIpc) is 2.41. The average molecular weight is 317 g/mol. The van der Waals surface area contributed by atoms with Crippen LogP contribution < -0.4 is 5.32 Å². The Bertz CT molecular complexity index is 485. The highest BCUT2D eigenvalue weighted by molar-refractivity contribution is 6.33. The van der Waals surface area contributed by atoms with Crippen LogP contribution >= 0.6 is 23.2 Å². The summed E-state index contributed by atoms with van der Waals surface area (Å²) in [6.45, 7) is 3.76. The molecule has 1 atom stereocenters. The van der Waals surface area contributed by atoms with Crippen molar-refractivity contribution in [3.63, 3.8) is 0 Å². The Balaban J connectivity index is 1.98. The van der Waals surface area contributed by atoms with Crippen LogP contribution in [0.15, 0.2) is 12.1 Å². The van der Waals surface area contributed by atoms with Crippen LogP contribution in [0.2, 0.25) is 10.0 Å². The van der Waals surface area contributed by atoms with Crippen molar-refractivity contribution in [1.29, 1.82) is 0 Å². The Morgan fingerprint density at radius 3 is 2.40 bits per heavy atom. The first-order valence-electron chi connectivity index (χ1n) is 7.26. The molecule has 110 valence electrons. The minimum absolute atomic E-state index is 0.0667. The van der Waals surface area contributed by atoms with E-state index in [-0.39, 0.29) is 16.9 Å². The Morgan fingerprint density at radius 1 is 1.15 bits per heavy atom. The molecule has 2 fully saturated rings. The van der Waals surface area contributed by atoms with Crippen LogP contribution in [0.5, 0.6) is 0 Å². The fourth-order valence-corrected chi connectivity index (χ4v) is 3.67. The first kappa shape index (κ1) is 14.6. The maximum Gasteiger partial charge on any atom is 0.148 e. The number of nitrogens with zero attached hydrogens (tertiary/aromatic N) is 1. The molecule has 1 heterocycles. The first-order chi connectivity index (χ1) is 9.68. The van der Waals surface area contributed by atoms with E-state index in [1.54, 1.807) is 6.07 Å². The van der Waals surface area contributed by atoms with Crippen molar-refractivity contribution in [2.45, 2.75) is 25.3 Å². The molecule has 1 aliphatic heterocycles. The number of benzene rings is 1. The van der Waals surface area contributed by atoms with E-state index in [1.807, 2.05) is 0 Å². The zero-order valence-electron chi connectivity index (χ0n) is 11.3. The molecule has 0 spiro atoms. The second-order valence-electron chi connectivity index (χ2n) is 5.68. The Labute approximate surface area is 129 Å². The Hall–Kier alpha value is -0.350. The number of piperazine rings is 1. The predicted molar refractivity (Wildman–Crippen MR) is 80.9 cm³/mol. The molecule has 0 aromatic heterocycles. The van der Waals surface area contributed by atoms with Gasteiger partial charge in [0.15, 0.2) is 0 Å². The minimum Gasteiger partial charge on any atom is -0.314 e. The molecule has 1 N–H and O–H groups in total. The maximum atomic E-state index is 14.5. The van der Waals surface area contributed by atoms with Gasteiger partial charge in [0, 0.05) is 42.8 Å². The predicted octanol–water partition coefficient (Wildman–Crippen LogP) is 3.88. The van der Waals surface area contributed by atoms with E-state index in [2.05, 4.69) is 10.2 Å². The van der Waals surface area contributed by atoms with Gasteiger partial charge in [-0.15, -0.1) is 0 Å². The van der Waals surface area contributed by atoms with Crippen molar-refractivity contribution in [3.8, 4) is 0 Å². The van der Waals surface area contributed by atoms with Gasteiger partial charge in [0.1, 0.15) is 5.82 Å². The van der Waals surface area contributed by atoms with E-state index in [0.29, 0.717) is 16.5 Å². The molecule has 0 bridgehead atoms. The molecule has 20 heavy (non-hydrogen) atoms. The second kappa shape index (κ2) is 6.18. The molecule has 2 nitrogen and oxygen atoms in total. The Kier molecular flexibility index (Phi) is 4.51. The van der Waals surface area contributed by atoms with E-state index >= 15 is 0 Å². The monoisotopic (exact) mass is 316 g/mol. The summed E-state index contributed by atoms with van der Waals surface area (Å²) in [5.74, 6) is 0.160. The van der Waals surface area contributed by atoms with Gasteiger partial charge in [-0.1, -0.05) is 29.6 Å². The van der Waals surface area contributed by atoms with Crippen molar-refractivity contribution in [2.75, 3.05) is 26.2 Å². The zero-order chi connectivity index (χ0) is 14.1. The molecular formula is C15H19Cl2FN2. The lowest BCUT2D eigenvalue weighted by atomic mass is 9.76. The number of hydrogen-bond acceptors (Lipinski definition) is 2. The van der Waals surface area contributed by atoms with Crippen molar-refractivity contribution in [3.05, 3.63) is 33.6 Å². The van der Waals surface area contributed by atoms with Gasteiger partial charge >= 0.3 is 0 Å². The number of halogens is 3. The minimum atomic E-state index is -0.338. The van der Waals surface area contributed by atoms with Crippen molar-refractivity contribution in [2.24, 2.45) is 5.92 Å². The van der Waals surface area contributed by atoms with Gasteiger partial charge in [-0.3, -0.25) is 4.90 Å². The third-order valence-electron chi connectivity index (χ3n) is 4.52. The van der Waals surface area contributed by atoms with Gasteiger partial charge in [-0.25, -0.2) is 4.39 Å². The molecule has 5 heteroatoms. The van der Waals surface area contributed by atoms with E-state index in [0.717, 1.165) is 39.0 Å². The van der Waals surface area contributed by atoms with Crippen LogP contribution in [-0.2, 0) is 0 Å². The van der Waals surface area contributed by atoms with Gasteiger partial charge < -0.3 is 5.32 Å². The van der Waals surface area contributed by atoms with Crippen LogP contribution in [0.3, 0.4) is 0 Å². The SMILES string of the molecule is Fc1c(Cl)ccc(Cl)c1[C@H](C1CCC1)N1CCNCC1. The molecule has 1 saturated heterocycles. The van der Waals surface area contributed by atoms with Crippen LogP contribution in [0.1, 0.15) is 30.9 Å². The standard InChI is InChI=1S/C15H19Cl2FN2/c16-11-4-5-12(17)14(18)13(11)15(10-2-1-3-10)20-8-6-19-7-9-20/h4-5,10,15,19H,1-3,6-9H2/t15-/m0/s1. The second-order valence-corrected chi connectivity index (χ2v) is 6.49. The lowest BCUT2D eigenvalue weighted by Crippen LogP contribution is -2.48. The highest BCUT2D eigenvalue weighted by Crippen LogP contribution is 2.45. The molecule has 0 unspecified atom stereocenters.